The van der Waals surface area contributed by atoms with Crippen molar-refractivity contribution in [2.45, 2.75) is 19.0 Å². The molecule has 1 aromatic carbocycles. The minimum Gasteiger partial charge on any atom is -0.493 e. The van der Waals surface area contributed by atoms with Crippen molar-refractivity contribution in [1.82, 2.24) is 20.4 Å². The molecular formula is C22H21N5O4S. The van der Waals surface area contributed by atoms with E-state index in [1.54, 1.807) is 36.5 Å². The maximum atomic E-state index is 12.2. The number of esters is 1. The van der Waals surface area contributed by atoms with Gasteiger partial charge in [-0.05, 0) is 55.8 Å². The van der Waals surface area contributed by atoms with Crippen LogP contribution in [0.4, 0.5) is 0 Å². The van der Waals surface area contributed by atoms with Crippen molar-refractivity contribution in [2.75, 3.05) is 12.9 Å². The molecule has 3 aromatic rings. The van der Waals surface area contributed by atoms with Gasteiger partial charge >= 0.3 is 5.97 Å². The van der Waals surface area contributed by atoms with Crippen LogP contribution in [0.3, 0.4) is 0 Å². The van der Waals surface area contributed by atoms with Crippen molar-refractivity contribution < 1.29 is 19.1 Å². The Morgan fingerprint density at radius 2 is 1.91 bits per heavy atom. The number of aromatic nitrogens is 3. The predicted molar refractivity (Wildman–Crippen MR) is 120 cm³/mol. The topological polar surface area (TPSA) is 116 Å². The first-order chi connectivity index (χ1) is 15.4. The third-order valence-corrected chi connectivity index (χ3v) is 4.83. The molecule has 0 spiro atoms. The van der Waals surface area contributed by atoms with Gasteiger partial charge in [-0.15, -0.1) is 0 Å². The molecule has 1 N–H and O–H groups in total. The largest absolute Gasteiger partial charge is 0.493 e. The number of nitrogens with zero attached hydrogens (tertiary/aromatic N) is 4. The van der Waals surface area contributed by atoms with Crippen molar-refractivity contribution in [3.05, 3.63) is 71.3 Å². The van der Waals surface area contributed by atoms with Gasteiger partial charge in [-0.3, -0.25) is 9.78 Å². The van der Waals surface area contributed by atoms with Crippen LogP contribution >= 0.6 is 11.8 Å². The third-order valence-electron chi connectivity index (χ3n) is 3.98. The zero-order valence-electron chi connectivity index (χ0n) is 17.7. The van der Waals surface area contributed by atoms with Crippen LogP contribution in [-0.2, 0) is 4.79 Å². The standard InChI is InChI=1S/C22H21N5O4S/c1-14-9-15(2)26-22(25-14)32-13-20(28)27-24-11-16-6-7-18(19(10-16)30-3)31-21(29)17-5-4-8-23-12-17/h4-12H,13H2,1-3H3,(H,27,28)/b24-11+. The first-order valence-electron chi connectivity index (χ1n) is 9.52. The number of aryl methyl sites for hydroxylation is 2. The van der Waals surface area contributed by atoms with E-state index in [-0.39, 0.29) is 17.4 Å². The Morgan fingerprint density at radius 3 is 2.59 bits per heavy atom. The third kappa shape index (κ3) is 6.61. The minimum absolute atomic E-state index is 0.132. The van der Waals surface area contributed by atoms with Gasteiger partial charge in [0, 0.05) is 23.8 Å². The van der Waals surface area contributed by atoms with Crippen LogP contribution in [0.5, 0.6) is 11.5 Å². The number of hydrogen-bond acceptors (Lipinski definition) is 9. The summed E-state index contributed by atoms with van der Waals surface area (Å²) in [5.74, 6) is -0.0990. The van der Waals surface area contributed by atoms with Crippen molar-refractivity contribution in [3.8, 4) is 11.5 Å². The molecule has 1 amide bonds. The fourth-order valence-electron chi connectivity index (χ4n) is 2.59. The molecule has 2 heterocycles. The lowest BCUT2D eigenvalue weighted by molar-refractivity contribution is -0.118. The van der Waals surface area contributed by atoms with Crippen LogP contribution in [0.15, 0.2) is 59.0 Å². The summed E-state index contributed by atoms with van der Waals surface area (Å²) < 4.78 is 10.7. The summed E-state index contributed by atoms with van der Waals surface area (Å²) in [6.07, 6.45) is 4.45. The molecule has 0 saturated carbocycles. The fourth-order valence-corrected chi connectivity index (χ4v) is 3.33. The Kier molecular flexibility index (Phi) is 7.87. The molecule has 0 radical (unpaired) electrons. The van der Waals surface area contributed by atoms with E-state index in [9.17, 15) is 9.59 Å². The molecule has 3 rings (SSSR count). The van der Waals surface area contributed by atoms with E-state index < -0.39 is 5.97 Å². The first-order valence-corrected chi connectivity index (χ1v) is 10.5. The lowest BCUT2D eigenvalue weighted by atomic mass is 10.2. The van der Waals surface area contributed by atoms with E-state index in [2.05, 4.69) is 25.5 Å². The molecule has 0 bridgehead atoms. The Balaban J connectivity index is 1.56. The van der Waals surface area contributed by atoms with E-state index in [0.29, 0.717) is 22.0 Å². The molecule has 164 valence electrons. The molecule has 0 fully saturated rings. The van der Waals surface area contributed by atoms with Crippen molar-refractivity contribution >= 4 is 29.9 Å². The van der Waals surface area contributed by atoms with E-state index in [0.717, 1.165) is 11.4 Å². The van der Waals surface area contributed by atoms with E-state index >= 15 is 0 Å². The highest BCUT2D eigenvalue weighted by atomic mass is 32.2. The lowest BCUT2D eigenvalue weighted by Gasteiger charge is -2.09. The number of thioether (sulfide) groups is 1. The highest BCUT2D eigenvalue weighted by Crippen LogP contribution is 2.28. The molecule has 0 aliphatic carbocycles. The van der Waals surface area contributed by atoms with Gasteiger partial charge in [0.15, 0.2) is 16.7 Å². The fraction of sp³-hybridized carbons (Fsp3) is 0.182. The predicted octanol–water partition coefficient (Wildman–Crippen LogP) is 2.96. The van der Waals surface area contributed by atoms with Crippen LogP contribution < -0.4 is 14.9 Å². The molecule has 0 aliphatic rings. The Bertz CT molecular complexity index is 1120. The van der Waals surface area contributed by atoms with Crippen LogP contribution in [0.1, 0.15) is 27.3 Å². The van der Waals surface area contributed by atoms with Gasteiger partial charge in [0.25, 0.3) is 5.91 Å². The number of nitrogens with one attached hydrogen (secondary N) is 1. The minimum atomic E-state index is -0.546. The number of pyridine rings is 1. The van der Waals surface area contributed by atoms with Crippen LogP contribution in [0.2, 0.25) is 0 Å². The number of hydrazone groups is 1. The smallest absolute Gasteiger partial charge is 0.345 e. The number of benzene rings is 1. The van der Waals surface area contributed by atoms with E-state index in [4.69, 9.17) is 9.47 Å². The quantitative estimate of drug-likeness (QED) is 0.139. The van der Waals surface area contributed by atoms with Crippen molar-refractivity contribution in [3.63, 3.8) is 0 Å². The van der Waals surface area contributed by atoms with Crippen LogP contribution in [-0.4, -0.2) is 45.9 Å². The van der Waals surface area contributed by atoms with Gasteiger partial charge in [0.05, 0.1) is 24.6 Å². The SMILES string of the molecule is COc1cc(/C=N/NC(=O)CSc2nc(C)cc(C)n2)ccc1OC(=O)c1cccnc1. The Morgan fingerprint density at radius 1 is 1.12 bits per heavy atom. The normalized spacial score (nSPS) is 10.7. The molecule has 10 heteroatoms. The molecule has 0 unspecified atom stereocenters. The lowest BCUT2D eigenvalue weighted by Crippen LogP contribution is -2.19. The van der Waals surface area contributed by atoms with Crippen molar-refractivity contribution in [1.29, 1.82) is 0 Å². The molecule has 32 heavy (non-hydrogen) atoms. The van der Waals surface area contributed by atoms with Gasteiger partial charge < -0.3 is 9.47 Å². The highest BCUT2D eigenvalue weighted by Gasteiger charge is 2.13. The number of carbonyl (C=O) groups is 2. The zero-order chi connectivity index (χ0) is 22.9. The molecule has 0 aliphatic heterocycles. The Labute approximate surface area is 189 Å². The maximum absolute atomic E-state index is 12.2. The first kappa shape index (κ1) is 22.9. The number of carbonyl (C=O) groups excluding carboxylic acids is 2. The van der Waals surface area contributed by atoms with Gasteiger partial charge in [0.1, 0.15) is 0 Å². The second-order valence-electron chi connectivity index (χ2n) is 6.56. The second-order valence-corrected chi connectivity index (χ2v) is 7.50. The van der Waals surface area contributed by atoms with Gasteiger partial charge in [-0.2, -0.15) is 5.10 Å². The van der Waals surface area contributed by atoms with E-state index in [1.807, 2.05) is 19.9 Å². The van der Waals surface area contributed by atoms with Crippen LogP contribution in [0, 0.1) is 13.8 Å². The summed E-state index contributed by atoms with van der Waals surface area (Å²) >= 11 is 1.23. The van der Waals surface area contributed by atoms with E-state index in [1.165, 1.54) is 31.3 Å². The summed E-state index contributed by atoms with van der Waals surface area (Å²) in [6.45, 7) is 3.75. The van der Waals surface area contributed by atoms with Gasteiger partial charge in [-0.25, -0.2) is 20.2 Å². The van der Waals surface area contributed by atoms with Crippen molar-refractivity contribution in [2.24, 2.45) is 5.10 Å². The Hall–Kier alpha value is -3.79. The number of ether oxygens (including phenoxy) is 2. The summed E-state index contributed by atoms with van der Waals surface area (Å²) in [7, 11) is 1.46. The maximum Gasteiger partial charge on any atom is 0.345 e. The second kappa shape index (κ2) is 11.0. The van der Waals surface area contributed by atoms with Crippen LogP contribution in [0.25, 0.3) is 0 Å². The summed E-state index contributed by atoms with van der Waals surface area (Å²) in [5.41, 5.74) is 5.13. The molecule has 2 aromatic heterocycles. The summed E-state index contributed by atoms with van der Waals surface area (Å²) in [4.78, 5) is 36.7. The monoisotopic (exact) mass is 451 g/mol. The molecule has 0 saturated heterocycles. The molecular weight excluding hydrogens is 430 g/mol. The average Bonchev–Trinajstić information content (AvgIpc) is 2.78. The van der Waals surface area contributed by atoms with Gasteiger partial charge in [0.2, 0.25) is 0 Å². The number of rotatable bonds is 8. The molecule has 9 nitrogen and oxygen atoms in total. The molecule has 0 atom stereocenters. The number of methoxy groups -OCH3 is 1. The average molecular weight is 452 g/mol. The summed E-state index contributed by atoms with van der Waals surface area (Å²) in [6, 6.07) is 10.0. The zero-order valence-corrected chi connectivity index (χ0v) is 18.5. The number of hydrogen-bond donors (Lipinski definition) is 1. The highest BCUT2D eigenvalue weighted by molar-refractivity contribution is 7.99. The summed E-state index contributed by atoms with van der Waals surface area (Å²) in [5, 5.41) is 4.50. The number of amides is 1. The van der Waals surface area contributed by atoms with Gasteiger partial charge in [-0.1, -0.05) is 11.8 Å².